The van der Waals surface area contributed by atoms with E-state index in [1.165, 1.54) is 22.0 Å². The maximum Gasteiger partial charge on any atom is 0.307 e. The monoisotopic (exact) mass is 508 g/mol. The van der Waals surface area contributed by atoms with Crippen molar-refractivity contribution in [2.75, 3.05) is 0 Å². The summed E-state index contributed by atoms with van der Waals surface area (Å²) in [5, 5.41) is 12.6. The van der Waals surface area contributed by atoms with Gasteiger partial charge in [0.25, 0.3) is 0 Å². The van der Waals surface area contributed by atoms with Gasteiger partial charge in [-0.15, -0.1) is 0 Å². The van der Waals surface area contributed by atoms with Crippen LogP contribution >= 0.6 is 7.26 Å². The summed E-state index contributed by atoms with van der Waals surface area (Å²) in [5.74, 6) is -1.32. The third-order valence-electron chi connectivity index (χ3n) is 5.47. The highest BCUT2D eigenvalue weighted by atomic mass is 79.9. The standard InChI is InChI=1S/C27H22FO2P.BrH/c28-26-18-21(19-27(29)30)16-17-22(26)20-31(23-10-4-1-5-11-23,24-12-6-2-7-13-24)25-14-8-3-9-15-25;/h1-18H,19-20H2;1H. The Morgan fingerprint density at radius 3 is 1.53 bits per heavy atom. The van der Waals surface area contributed by atoms with E-state index in [2.05, 4.69) is 36.4 Å². The quantitative estimate of drug-likeness (QED) is 0.387. The molecule has 0 amide bonds. The second kappa shape index (κ2) is 10.7. The highest BCUT2D eigenvalue weighted by Gasteiger charge is 2.45. The average molecular weight is 509 g/mol. The zero-order chi connectivity index (χ0) is 21.7. The van der Waals surface area contributed by atoms with E-state index in [-0.39, 0.29) is 29.2 Å². The van der Waals surface area contributed by atoms with Gasteiger partial charge in [0, 0.05) is 5.56 Å². The Morgan fingerprint density at radius 2 is 1.16 bits per heavy atom. The molecule has 0 bridgehead atoms. The van der Waals surface area contributed by atoms with Crippen LogP contribution in [0.1, 0.15) is 11.1 Å². The van der Waals surface area contributed by atoms with E-state index in [0.717, 1.165) is 0 Å². The molecule has 0 aliphatic rings. The van der Waals surface area contributed by atoms with Crippen molar-refractivity contribution in [3.63, 3.8) is 0 Å². The molecule has 32 heavy (non-hydrogen) atoms. The van der Waals surface area contributed by atoms with Crippen LogP contribution in [0, 0.1) is 5.82 Å². The van der Waals surface area contributed by atoms with Crippen molar-refractivity contribution in [1.29, 1.82) is 0 Å². The fourth-order valence-corrected chi connectivity index (χ4v) is 8.28. The van der Waals surface area contributed by atoms with Gasteiger partial charge in [0.15, 0.2) is 0 Å². The Bertz CT molecular complexity index is 1070. The molecule has 0 aromatic heterocycles. The minimum atomic E-state index is -2.20. The zero-order valence-electron chi connectivity index (χ0n) is 17.4. The lowest BCUT2D eigenvalue weighted by Gasteiger charge is -2.28. The van der Waals surface area contributed by atoms with Crippen LogP contribution in [0.5, 0.6) is 0 Å². The smallest absolute Gasteiger partial charge is 0.307 e. The first kappa shape index (κ1) is 23.8. The predicted molar refractivity (Wildman–Crippen MR) is 127 cm³/mol. The lowest BCUT2D eigenvalue weighted by atomic mass is 10.1. The van der Waals surface area contributed by atoms with Gasteiger partial charge in [-0.1, -0.05) is 66.7 Å². The Hall–Kier alpha value is -2.81. The normalized spacial score (nSPS) is 10.9. The number of halogens is 2. The number of benzene rings is 4. The Morgan fingerprint density at radius 1 is 0.719 bits per heavy atom. The molecule has 0 saturated heterocycles. The second-order valence-electron chi connectivity index (χ2n) is 7.47. The second-order valence-corrected chi connectivity index (χ2v) is 11.0. The van der Waals surface area contributed by atoms with Crippen molar-refractivity contribution < 1.29 is 31.3 Å². The molecule has 5 heteroatoms. The van der Waals surface area contributed by atoms with Gasteiger partial charge in [-0.2, -0.15) is 0 Å². The molecule has 1 N–H and O–H groups in total. The van der Waals surface area contributed by atoms with Crippen molar-refractivity contribution in [2.45, 2.75) is 12.6 Å². The number of aliphatic carboxylic acids is 1. The number of carbonyl (C=O) groups is 1. The molecule has 4 rings (SSSR count). The largest absolute Gasteiger partial charge is 1.00 e. The Balaban J connectivity index is 0.00000289. The molecule has 0 spiro atoms. The molecule has 0 heterocycles. The van der Waals surface area contributed by atoms with E-state index in [0.29, 0.717) is 17.3 Å². The van der Waals surface area contributed by atoms with Gasteiger partial charge in [-0.05, 0) is 48.0 Å². The lowest BCUT2D eigenvalue weighted by Crippen LogP contribution is -3.00. The molecule has 0 atom stereocenters. The number of carboxylic acid groups (broad SMARTS) is 1. The van der Waals surface area contributed by atoms with E-state index >= 15 is 4.39 Å². The number of rotatable bonds is 7. The minimum Gasteiger partial charge on any atom is -1.00 e. The molecule has 0 aliphatic heterocycles. The first-order valence-corrected chi connectivity index (χ1v) is 12.1. The first-order chi connectivity index (χ1) is 15.1. The van der Waals surface area contributed by atoms with Crippen LogP contribution in [0.25, 0.3) is 0 Å². The van der Waals surface area contributed by atoms with Crippen molar-refractivity contribution >= 4 is 29.1 Å². The molecule has 0 fully saturated rings. The van der Waals surface area contributed by atoms with Crippen molar-refractivity contribution in [1.82, 2.24) is 0 Å². The molecular weight excluding hydrogens is 486 g/mol. The van der Waals surface area contributed by atoms with Gasteiger partial charge in [0.1, 0.15) is 35.2 Å². The summed E-state index contributed by atoms with van der Waals surface area (Å²) in [6.07, 6.45) is 0.331. The Labute approximate surface area is 198 Å². The zero-order valence-corrected chi connectivity index (χ0v) is 19.8. The molecule has 162 valence electrons. The average Bonchev–Trinajstić information content (AvgIpc) is 2.80. The third kappa shape index (κ3) is 4.98. The van der Waals surface area contributed by atoms with Gasteiger partial charge in [-0.25, -0.2) is 4.39 Å². The van der Waals surface area contributed by atoms with Crippen LogP contribution < -0.4 is 32.9 Å². The Kier molecular flexibility index (Phi) is 7.95. The van der Waals surface area contributed by atoms with Gasteiger partial charge in [-0.3, -0.25) is 4.79 Å². The minimum absolute atomic E-state index is 0. The third-order valence-corrected chi connectivity index (χ3v) is 9.83. The summed E-state index contributed by atoms with van der Waals surface area (Å²) < 4.78 is 15.2. The molecule has 4 aromatic carbocycles. The van der Waals surface area contributed by atoms with Crippen LogP contribution in [0.4, 0.5) is 4.39 Å². The SMILES string of the molecule is O=C(O)Cc1ccc(C[P+](c2ccccc2)(c2ccccc2)c2ccccc2)c(F)c1.[Br-]. The molecule has 2 nitrogen and oxygen atoms in total. The number of hydrogen-bond acceptors (Lipinski definition) is 1. The van der Waals surface area contributed by atoms with E-state index in [1.54, 1.807) is 12.1 Å². The highest BCUT2D eigenvalue weighted by molar-refractivity contribution is 7.95. The van der Waals surface area contributed by atoms with Crippen LogP contribution in [0.15, 0.2) is 109 Å². The van der Waals surface area contributed by atoms with Gasteiger partial charge < -0.3 is 22.1 Å². The van der Waals surface area contributed by atoms with E-state index in [4.69, 9.17) is 5.11 Å². The van der Waals surface area contributed by atoms with Crippen LogP contribution in [0.3, 0.4) is 0 Å². The summed E-state index contributed by atoms with van der Waals surface area (Å²) in [6, 6.07) is 35.8. The number of hydrogen-bond donors (Lipinski definition) is 1. The summed E-state index contributed by atoms with van der Waals surface area (Å²) >= 11 is 0. The maximum atomic E-state index is 15.2. The molecule has 0 aliphatic carbocycles. The molecule has 0 radical (unpaired) electrons. The molecular formula is C27H23BrFO2P. The van der Waals surface area contributed by atoms with Gasteiger partial charge >= 0.3 is 5.97 Å². The fraction of sp³-hybridized carbons (Fsp3) is 0.0741. The molecule has 0 unspecified atom stereocenters. The summed E-state index contributed by atoms with van der Waals surface area (Å²) in [4.78, 5) is 11.0. The summed E-state index contributed by atoms with van der Waals surface area (Å²) in [6.45, 7) is 0. The van der Waals surface area contributed by atoms with Crippen LogP contribution in [-0.4, -0.2) is 11.1 Å². The van der Waals surface area contributed by atoms with Gasteiger partial charge in [0.2, 0.25) is 0 Å². The van der Waals surface area contributed by atoms with E-state index in [9.17, 15) is 4.79 Å². The summed E-state index contributed by atoms with van der Waals surface area (Å²) in [5.41, 5.74) is 1.07. The van der Waals surface area contributed by atoms with Crippen LogP contribution in [-0.2, 0) is 17.4 Å². The van der Waals surface area contributed by atoms with E-state index in [1.807, 2.05) is 54.6 Å². The predicted octanol–water partition coefficient (Wildman–Crippen LogP) is 1.95. The maximum absolute atomic E-state index is 15.2. The molecule has 4 aromatic rings. The highest BCUT2D eigenvalue weighted by Crippen LogP contribution is 2.58. The van der Waals surface area contributed by atoms with E-state index < -0.39 is 13.2 Å². The first-order valence-electron chi connectivity index (χ1n) is 10.1. The number of carboxylic acids is 1. The summed E-state index contributed by atoms with van der Waals surface area (Å²) in [7, 11) is -2.20. The van der Waals surface area contributed by atoms with Gasteiger partial charge in [0.05, 0.1) is 6.42 Å². The van der Waals surface area contributed by atoms with Crippen molar-refractivity contribution in [2.24, 2.45) is 0 Å². The topological polar surface area (TPSA) is 37.3 Å². The van der Waals surface area contributed by atoms with Crippen molar-refractivity contribution in [3.8, 4) is 0 Å². The van der Waals surface area contributed by atoms with Crippen LogP contribution in [0.2, 0.25) is 0 Å². The fourth-order valence-electron chi connectivity index (χ4n) is 4.03. The molecule has 0 saturated carbocycles. The van der Waals surface area contributed by atoms with Crippen molar-refractivity contribution in [3.05, 3.63) is 126 Å². The lowest BCUT2D eigenvalue weighted by molar-refractivity contribution is -0.136.